The van der Waals surface area contributed by atoms with Gasteiger partial charge in [-0.15, -0.1) is 0 Å². The van der Waals surface area contributed by atoms with E-state index in [-0.39, 0.29) is 0 Å². The second-order valence-corrected chi connectivity index (χ2v) is 2.92. The van der Waals surface area contributed by atoms with Gasteiger partial charge in [-0.25, -0.2) is 0 Å². The van der Waals surface area contributed by atoms with Gasteiger partial charge in [0.2, 0.25) is 0 Å². The van der Waals surface area contributed by atoms with Crippen molar-refractivity contribution in [3.8, 4) is 5.75 Å². The van der Waals surface area contributed by atoms with Gasteiger partial charge in [-0.05, 0) is 19.1 Å². The predicted octanol–water partition coefficient (Wildman–Crippen LogP) is 0.782. The molecule has 0 bridgehead atoms. The maximum Gasteiger partial charge on any atom is 0.770 e. The number of aryl methyl sites for hydroxylation is 1. The summed E-state index contributed by atoms with van der Waals surface area (Å²) in [7, 11) is -2.85. The van der Waals surface area contributed by atoms with Crippen molar-refractivity contribution in [2.24, 2.45) is 0 Å². The van der Waals surface area contributed by atoms with Gasteiger partial charge in [0.25, 0.3) is 0 Å². The molecule has 0 spiro atoms. The second kappa shape index (κ2) is 3.29. The Kier molecular flexibility index (Phi) is 2.38. The summed E-state index contributed by atoms with van der Waals surface area (Å²) in [6, 6.07) is 6.96. The highest BCUT2D eigenvalue weighted by Gasteiger charge is 2.04. The highest BCUT2D eigenvalue weighted by atomic mass is 28.3. The molecule has 58 valence electrons. The lowest BCUT2D eigenvalue weighted by molar-refractivity contribution is 0.338. The second-order valence-electron chi connectivity index (χ2n) is 2.18. The Morgan fingerprint density at radius 2 is 1.91 bits per heavy atom. The lowest BCUT2D eigenvalue weighted by Crippen LogP contribution is -2.08. The molecule has 0 aliphatic carbocycles. The zero-order valence-corrected chi connectivity index (χ0v) is 7.07. The molecule has 0 amide bonds. The van der Waals surface area contributed by atoms with Crippen LogP contribution in [0.3, 0.4) is 0 Å². The lowest BCUT2D eigenvalue weighted by atomic mass is 10.2. The van der Waals surface area contributed by atoms with Crippen molar-refractivity contribution in [1.29, 1.82) is 0 Å². The molecule has 0 heterocycles. The Morgan fingerprint density at radius 1 is 1.36 bits per heavy atom. The number of hydrogen-bond acceptors (Lipinski definition) is 2. The molecule has 1 N–H and O–H groups in total. The summed E-state index contributed by atoms with van der Waals surface area (Å²) >= 11 is 0. The van der Waals surface area contributed by atoms with E-state index in [4.69, 9.17) is 4.80 Å². The van der Waals surface area contributed by atoms with Crippen molar-refractivity contribution in [2.75, 3.05) is 0 Å². The maximum absolute atomic E-state index is 10.2. The molecule has 0 aromatic heterocycles. The van der Waals surface area contributed by atoms with Gasteiger partial charge in [-0.2, -0.15) is 0 Å². The fraction of sp³-hybridized carbons (Fsp3) is 0.143. The fourth-order valence-electron chi connectivity index (χ4n) is 0.707. The van der Waals surface area contributed by atoms with Gasteiger partial charge in [0.1, 0.15) is 5.75 Å². The molecule has 0 saturated heterocycles. The lowest BCUT2D eigenvalue weighted by Gasteiger charge is -1.98. The third-order valence-electron chi connectivity index (χ3n) is 1.23. The van der Waals surface area contributed by atoms with Crippen LogP contribution in [0.1, 0.15) is 5.56 Å². The quantitative estimate of drug-likeness (QED) is 0.664. The van der Waals surface area contributed by atoms with Crippen molar-refractivity contribution in [3.63, 3.8) is 0 Å². The largest absolute Gasteiger partial charge is 0.770 e. The van der Waals surface area contributed by atoms with E-state index < -0.39 is 9.17 Å². The van der Waals surface area contributed by atoms with Crippen LogP contribution in [0.15, 0.2) is 24.3 Å². The third kappa shape index (κ3) is 2.51. The first-order valence-corrected chi connectivity index (χ1v) is 4.42. The summed E-state index contributed by atoms with van der Waals surface area (Å²) in [4.78, 5) is 8.40. The van der Waals surface area contributed by atoms with Crippen molar-refractivity contribution in [2.45, 2.75) is 6.92 Å². The van der Waals surface area contributed by atoms with Crippen LogP contribution in [0, 0.1) is 6.92 Å². The first-order valence-electron chi connectivity index (χ1n) is 3.16. The number of benzene rings is 1. The van der Waals surface area contributed by atoms with Gasteiger partial charge < -0.3 is 9.22 Å². The van der Waals surface area contributed by atoms with E-state index in [0.717, 1.165) is 5.56 Å². The standard InChI is InChI=1S/C7H8O3Si/c1-6-2-4-7(5-3-6)10-11(8)9/h2-5,8H,1H3. The van der Waals surface area contributed by atoms with Crippen molar-refractivity contribution >= 4 is 9.17 Å². The summed E-state index contributed by atoms with van der Waals surface area (Å²) in [6.07, 6.45) is 0. The molecule has 1 rings (SSSR count). The summed E-state index contributed by atoms with van der Waals surface area (Å²) in [5.41, 5.74) is 1.09. The molecule has 0 saturated carbocycles. The minimum atomic E-state index is -2.85. The molecule has 0 aliphatic heterocycles. The van der Waals surface area contributed by atoms with Crippen LogP contribution in [-0.2, 0) is 4.46 Å². The first kappa shape index (κ1) is 7.94. The first-order chi connectivity index (χ1) is 5.18. The van der Waals surface area contributed by atoms with Crippen LogP contribution in [0.4, 0.5) is 0 Å². The molecular formula is C7H8O3Si. The average molecular weight is 168 g/mol. The number of hydrogen-bond donors (Lipinski definition) is 1. The molecule has 11 heavy (non-hydrogen) atoms. The van der Waals surface area contributed by atoms with Crippen LogP contribution in [-0.4, -0.2) is 14.0 Å². The highest BCUT2D eigenvalue weighted by molar-refractivity contribution is 6.25. The van der Waals surface area contributed by atoms with Crippen LogP contribution in [0.2, 0.25) is 0 Å². The molecule has 3 nitrogen and oxygen atoms in total. The van der Waals surface area contributed by atoms with E-state index in [9.17, 15) is 4.46 Å². The molecular weight excluding hydrogens is 160 g/mol. The van der Waals surface area contributed by atoms with E-state index in [1.165, 1.54) is 0 Å². The SMILES string of the molecule is Cc1ccc(O[Si](=O)O)cc1. The van der Waals surface area contributed by atoms with Gasteiger partial charge in [-0.1, -0.05) is 17.7 Å². The van der Waals surface area contributed by atoms with E-state index in [1.807, 2.05) is 19.1 Å². The van der Waals surface area contributed by atoms with Crippen LogP contribution < -0.4 is 4.43 Å². The van der Waals surface area contributed by atoms with Crippen LogP contribution in [0.5, 0.6) is 5.75 Å². The monoisotopic (exact) mass is 168 g/mol. The van der Waals surface area contributed by atoms with E-state index >= 15 is 0 Å². The molecule has 0 aliphatic rings. The normalized spacial score (nSPS) is 9.18. The van der Waals surface area contributed by atoms with Crippen molar-refractivity contribution < 1.29 is 13.7 Å². The topological polar surface area (TPSA) is 46.5 Å². The summed E-state index contributed by atoms with van der Waals surface area (Å²) in [5, 5.41) is 0. The summed E-state index contributed by atoms with van der Waals surface area (Å²) < 4.78 is 14.8. The molecule has 4 heteroatoms. The smallest absolute Gasteiger partial charge is 0.511 e. The van der Waals surface area contributed by atoms with Gasteiger partial charge in [0.05, 0.1) is 0 Å². The Balaban J connectivity index is 2.74. The minimum Gasteiger partial charge on any atom is -0.511 e. The van der Waals surface area contributed by atoms with Crippen LogP contribution in [0.25, 0.3) is 0 Å². The highest BCUT2D eigenvalue weighted by Crippen LogP contribution is 2.10. The predicted molar refractivity (Wildman–Crippen MR) is 40.5 cm³/mol. The van der Waals surface area contributed by atoms with Gasteiger partial charge in [0, 0.05) is 0 Å². The van der Waals surface area contributed by atoms with Gasteiger partial charge in [-0.3, -0.25) is 4.46 Å². The van der Waals surface area contributed by atoms with Gasteiger partial charge in [0.15, 0.2) is 0 Å². The molecule has 1 aromatic rings. The third-order valence-corrected chi connectivity index (χ3v) is 1.64. The molecule has 1 aromatic carbocycles. The van der Waals surface area contributed by atoms with Crippen molar-refractivity contribution in [3.05, 3.63) is 29.8 Å². The zero-order chi connectivity index (χ0) is 8.27. The Labute approximate surface area is 66.2 Å². The summed E-state index contributed by atoms with van der Waals surface area (Å²) in [5.74, 6) is 0.432. The molecule has 0 unspecified atom stereocenters. The Bertz CT molecular complexity index is 255. The average Bonchev–Trinajstić information content (AvgIpc) is 1.93. The van der Waals surface area contributed by atoms with E-state index in [0.29, 0.717) is 5.75 Å². The Morgan fingerprint density at radius 3 is 2.36 bits per heavy atom. The fourth-order valence-corrected chi connectivity index (χ4v) is 1.04. The zero-order valence-electron chi connectivity index (χ0n) is 6.07. The van der Waals surface area contributed by atoms with Gasteiger partial charge >= 0.3 is 9.17 Å². The molecule has 0 fully saturated rings. The van der Waals surface area contributed by atoms with Crippen LogP contribution >= 0.6 is 0 Å². The van der Waals surface area contributed by atoms with E-state index in [1.54, 1.807) is 12.1 Å². The minimum absolute atomic E-state index is 0.432. The Hall–Kier alpha value is -1.16. The molecule has 0 radical (unpaired) electrons. The molecule has 0 atom stereocenters. The maximum atomic E-state index is 10.2. The summed E-state index contributed by atoms with van der Waals surface area (Å²) in [6.45, 7) is 1.94. The van der Waals surface area contributed by atoms with E-state index in [2.05, 4.69) is 4.43 Å². The van der Waals surface area contributed by atoms with Crippen molar-refractivity contribution in [1.82, 2.24) is 0 Å². The number of rotatable bonds is 2.